The number of hydrogen-bond acceptors (Lipinski definition) is 3. The molecule has 0 bridgehead atoms. The normalized spacial score (nSPS) is 9.50. The predicted octanol–water partition coefficient (Wildman–Crippen LogP) is 1.67. The van der Waals surface area contributed by atoms with E-state index in [0.717, 1.165) is 0 Å². The molecule has 1 rings (SSSR count). The van der Waals surface area contributed by atoms with Crippen LogP contribution in [-0.2, 0) is 0 Å². The molecule has 1 heterocycles. The molecule has 0 spiro atoms. The van der Waals surface area contributed by atoms with Gasteiger partial charge in [-0.3, -0.25) is 9.78 Å². The maximum Gasteiger partial charge on any atom is 0.178 e. The van der Waals surface area contributed by atoms with Gasteiger partial charge < -0.3 is 4.74 Å². The number of carbonyl (C=O) groups is 1. The van der Waals surface area contributed by atoms with Gasteiger partial charge in [0.05, 0.1) is 18.0 Å². The van der Waals surface area contributed by atoms with E-state index in [1.165, 1.54) is 13.3 Å². The Labute approximate surface area is 78.9 Å². The summed E-state index contributed by atoms with van der Waals surface area (Å²) in [4.78, 5) is 15.1. The number of hydrogen-bond donors (Lipinski definition) is 0. The van der Waals surface area contributed by atoms with Crippen LogP contribution in [0.1, 0.15) is 10.4 Å². The molecule has 1 aromatic heterocycles. The van der Waals surface area contributed by atoms with Crippen molar-refractivity contribution in [2.45, 2.75) is 0 Å². The Morgan fingerprint density at radius 1 is 1.75 bits per heavy atom. The fourth-order valence-corrected chi connectivity index (χ4v) is 1.14. The van der Waals surface area contributed by atoms with Crippen LogP contribution in [0, 0.1) is 0 Å². The Morgan fingerprint density at radius 3 is 3.08 bits per heavy atom. The second-order valence-electron chi connectivity index (χ2n) is 2.13. The van der Waals surface area contributed by atoms with E-state index in [0.29, 0.717) is 11.3 Å². The molecule has 0 atom stereocenters. The summed E-state index contributed by atoms with van der Waals surface area (Å²) in [6.07, 6.45) is 3.09. The first-order valence-corrected chi connectivity index (χ1v) is 4.49. The highest BCUT2D eigenvalue weighted by Crippen LogP contribution is 2.16. The highest BCUT2D eigenvalue weighted by atomic mass is 79.9. The van der Waals surface area contributed by atoms with Crippen molar-refractivity contribution >= 4 is 21.7 Å². The summed E-state index contributed by atoms with van der Waals surface area (Å²) in [7, 11) is 1.53. The number of methoxy groups -OCH3 is 1. The van der Waals surface area contributed by atoms with E-state index in [2.05, 4.69) is 20.9 Å². The summed E-state index contributed by atoms with van der Waals surface area (Å²) in [5.41, 5.74) is 0.511. The van der Waals surface area contributed by atoms with E-state index >= 15 is 0 Å². The number of ether oxygens (including phenoxy) is 1. The lowest BCUT2D eigenvalue weighted by Crippen LogP contribution is -2.03. The average molecular weight is 230 g/mol. The molecule has 12 heavy (non-hydrogen) atoms. The van der Waals surface area contributed by atoms with Crippen LogP contribution in [0.5, 0.6) is 5.75 Å². The highest BCUT2D eigenvalue weighted by Gasteiger charge is 2.09. The van der Waals surface area contributed by atoms with Gasteiger partial charge in [-0.15, -0.1) is 0 Å². The lowest BCUT2D eigenvalue weighted by molar-refractivity contribution is 0.102. The standard InChI is InChI=1S/C8H8BrNO2/c1-12-8-2-3-10-5-6(8)7(11)4-9/h2-3,5H,4H2,1H3. The Balaban J connectivity index is 3.04. The molecule has 0 amide bonds. The molecule has 0 aliphatic carbocycles. The third-order valence-electron chi connectivity index (χ3n) is 1.42. The van der Waals surface area contributed by atoms with Crippen molar-refractivity contribution in [2.24, 2.45) is 0 Å². The molecule has 0 aliphatic rings. The molecule has 0 saturated heterocycles. The van der Waals surface area contributed by atoms with E-state index in [4.69, 9.17) is 4.74 Å². The van der Waals surface area contributed by atoms with Crippen LogP contribution in [-0.4, -0.2) is 23.2 Å². The van der Waals surface area contributed by atoms with Gasteiger partial charge in [-0.25, -0.2) is 0 Å². The number of nitrogens with zero attached hydrogens (tertiary/aromatic N) is 1. The van der Waals surface area contributed by atoms with Crippen molar-refractivity contribution in [1.29, 1.82) is 0 Å². The van der Waals surface area contributed by atoms with Crippen LogP contribution in [0.3, 0.4) is 0 Å². The molecular weight excluding hydrogens is 222 g/mol. The quantitative estimate of drug-likeness (QED) is 0.585. The van der Waals surface area contributed by atoms with Gasteiger partial charge in [0.1, 0.15) is 5.75 Å². The fourth-order valence-electron chi connectivity index (χ4n) is 0.841. The van der Waals surface area contributed by atoms with Crippen LogP contribution in [0.2, 0.25) is 0 Å². The lowest BCUT2D eigenvalue weighted by atomic mass is 10.2. The minimum Gasteiger partial charge on any atom is -0.496 e. The van der Waals surface area contributed by atoms with Crippen LogP contribution >= 0.6 is 15.9 Å². The highest BCUT2D eigenvalue weighted by molar-refractivity contribution is 9.09. The Kier molecular flexibility index (Phi) is 3.22. The predicted molar refractivity (Wildman–Crippen MR) is 48.9 cm³/mol. The smallest absolute Gasteiger partial charge is 0.178 e. The Hall–Kier alpha value is -0.900. The van der Waals surface area contributed by atoms with E-state index in [1.54, 1.807) is 12.3 Å². The zero-order chi connectivity index (χ0) is 8.97. The van der Waals surface area contributed by atoms with Gasteiger partial charge in [-0.1, -0.05) is 15.9 Å². The molecule has 0 saturated carbocycles. The number of carbonyl (C=O) groups excluding carboxylic acids is 1. The maximum absolute atomic E-state index is 11.2. The molecule has 4 heteroatoms. The third-order valence-corrected chi connectivity index (χ3v) is 1.93. The monoisotopic (exact) mass is 229 g/mol. The third kappa shape index (κ3) is 1.82. The molecule has 0 unspecified atom stereocenters. The van der Waals surface area contributed by atoms with Crippen LogP contribution in [0.15, 0.2) is 18.5 Å². The Bertz CT molecular complexity index is 288. The summed E-state index contributed by atoms with van der Waals surface area (Å²) in [5.74, 6) is 0.536. The summed E-state index contributed by atoms with van der Waals surface area (Å²) in [6, 6.07) is 1.66. The lowest BCUT2D eigenvalue weighted by Gasteiger charge is -2.03. The summed E-state index contributed by atoms with van der Waals surface area (Å²) in [6.45, 7) is 0. The van der Waals surface area contributed by atoms with Crippen LogP contribution < -0.4 is 4.74 Å². The molecule has 0 radical (unpaired) electrons. The molecule has 1 aromatic rings. The molecular formula is C8H8BrNO2. The molecule has 0 aliphatic heterocycles. The van der Waals surface area contributed by atoms with Crippen molar-refractivity contribution in [3.8, 4) is 5.75 Å². The number of alkyl halides is 1. The summed E-state index contributed by atoms with van der Waals surface area (Å²) < 4.78 is 4.99. The summed E-state index contributed by atoms with van der Waals surface area (Å²) >= 11 is 3.08. The largest absolute Gasteiger partial charge is 0.496 e. The zero-order valence-corrected chi connectivity index (χ0v) is 8.17. The molecule has 64 valence electrons. The molecule has 0 fully saturated rings. The number of rotatable bonds is 3. The van der Waals surface area contributed by atoms with E-state index in [-0.39, 0.29) is 11.1 Å². The van der Waals surface area contributed by atoms with Crippen molar-refractivity contribution in [1.82, 2.24) is 4.98 Å². The number of ketones is 1. The van der Waals surface area contributed by atoms with Gasteiger partial charge in [0.2, 0.25) is 0 Å². The van der Waals surface area contributed by atoms with Crippen LogP contribution in [0.4, 0.5) is 0 Å². The van der Waals surface area contributed by atoms with E-state index in [1.807, 2.05) is 0 Å². The number of aromatic nitrogens is 1. The molecule has 0 N–H and O–H groups in total. The van der Waals surface area contributed by atoms with E-state index in [9.17, 15) is 4.79 Å². The van der Waals surface area contributed by atoms with Gasteiger partial charge in [0.15, 0.2) is 5.78 Å². The minimum atomic E-state index is -0.0278. The minimum absolute atomic E-state index is 0.0278. The van der Waals surface area contributed by atoms with Gasteiger partial charge in [-0.2, -0.15) is 0 Å². The summed E-state index contributed by atoms with van der Waals surface area (Å²) in [5, 5.41) is 0.287. The van der Waals surface area contributed by atoms with Gasteiger partial charge in [0, 0.05) is 12.4 Å². The van der Waals surface area contributed by atoms with Crippen molar-refractivity contribution in [2.75, 3.05) is 12.4 Å². The Morgan fingerprint density at radius 2 is 2.50 bits per heavy atom. The maximum atomic E-state index is 11.2. The van der Waals surface area contributed by atoms with Crippen LogP contribution in [0.25, 0.3) is 0 Å². The van der Waals surface area contributed by atoms with Gasteiger partial charge in [0.25, 0.3) is 0 Å². The fraction of sp³-hybridized carbons (Fsp3) is 0.250. The first-order chi connectivity index (χ1) is 5.79. The first kappa shape index (κ1) is 9.19. The number of halogens is 1. The zero-order valence-electron chi connectivity index (χ0n) is 6.58. The second-order valence-corrected chi connectivity index (χ2v) is 2.69. The topological polar surface area (TPSA) is 39.2 Å². The number of pyridine rings is 1. The van der Waals surface area contributed by atoms with Crippen molar-refractivity contribution in [3.05, 3.63) is 24.0 Å². The average Bonchev–Trinajstić information content (AvgIpc) is 2.16. The van der Waals surface area contributed by atoms with Crippen molar-refractivity contribution < 1.29 is 9.53 Å². The number of Topliss-reactive ketones (excluding diaryl/α,β-unsaturated/α-hetero) is 1. The SMILES string of the molecule is COc1ccncc1C(=O)CBr. The van der Waals surface area contributed by atoms with Gasteiger partial charge in [-0.05, 0) is 6.07 Å². The van der Waals surface area contributed by atoms with Crippen molar-refractivity contribution in [3.63, 3.8) is 0 Å². The molecule has 0 aromatic carbocycles. The van der Waals surface area contributed by atoms with E-state index < -0.39 is 0 Å². The van der Waals surface area contributed by atoms with Gasteiger partial charge >= 0.3 is 0 Å². The second kappa shape index (κ2) is 4.21. The molecule has 3 nitrogen and oxygen atoms in total. The first-order valence-electron chi connectivity index (χ1n) is 3.36.